The Morgan fingerprint density at radius 2 is 2.22 bits per heavy atom. The van der Waals surface area contributed by atoms with E-state index in [4.69, 9.17) is 0 Å². The zero-order valence-electron chi connectivity index (χ0n) is 12.0. The van der Waals surface area contributed by atoms with Gasteiger partial charge < -0.3 is 15.3 Å². The second-order valence-electron chi connectivity index (χ2n) is 5.99. The molecule has 106 valence electrons. The molecule has 2 N–H and O–H groups in total. The maximum Gasteiger partial charge on any atom is 0.222 e. The Balaban J connectivity index is 2.12. The Morgan fingerprint density at radius 3 is 2.83 bits per heavy atom. The van der Waals surface area contributed by atoms with E-state index < -0.39 is 5.60 Å². The van der Waals surface area contributed by atoms with Crippen LogP contribution in [0.25, 0.3) is 0 Å². The van der Waals surface area contributed by atoms with E-state index in [-0.39, 0.29) is 5.91 Å². The Labute approximate surface area is 111 Å². The molecule has 1 amide bonds. The molecule has 0 aromatic rings. The molecule has 2 unspecified atom stereocenters. The fraction of sp³-hybridized carbons (Fsp3) is 0.929. The van der Waals surface area contributed by atoms with Crippen molar-refractivity contribution in [1.82, 2.24) is 10.2 Å². The smallest absolute Gasteiger partial charge is 0.222 e. The van der Waals surface area contributed by atoms with Crippen LogP contribution in [0.2, 0.25) is 0 Å². The van der Waals surface area contributed by atoms with Crippen LogP contribution in [0.15, 0.2) is 0 Å². The molecule has 4 nitrogen and oxygen atoms in total. The zero-order valence-corrected chi connectivity index (χ0v) is 12.0. The third-order valence-electron chi connectivity index (χ3n) is 3.76. The molecule has 1 aliphatic carbocycles. The van der Waals surface area contributed by atoms with Crippen molar-refractivity contribution in [3.05, 3.63) is 0 Å². The van der Waals surface area contributed by atoms with Gasteiger partial charge in [-0.05, 0) is 31.7 Å². The topological polar surface area (TPSA) is 52.6 Å². The molecule has 0 aromatic carbocycles. The van der Waals surface area contributed by atoms with Gasteiger partial charge in [0.25, 0.3) is 0 Å². The first-order valence-corrected chi connectivity index (χ1v) is 7.06. The van der Waals surface area contributed by atoms with E-state index in [2.05, 4.69) is 12.2 Å². The number of nitrogens with zero attached hydrogens (tertiary/aromatic N) is 1. The first kappa shape index (κ1) is 15.4. The SMILES string of the molecule is CC1CCCC(O)(CNCCCC(=O)N(C)C)C1. The van der Waals surface area contributed by atoms with Gasteiger partial charge in [0, 0.05) is 27.1 Å². The summed E-state index contributed by atoms with van der Waals surface area (Å²) < 4.78 is 0. The van der Waals surface area contributed by atoms with Gasteiger partial charge in [0.05, 0.1) is 5.60 Å². The molecule has 1 fully saturated rings. The number of hydrogen-bond acceptors (Lipinski definition) is 3. The van der Waals surface area contributed by atoms with Crippen LogP contribution in [-0.2, 0) is 4.79 Å². The lowest BCUT2D eigenvalue weighted by molar-refractivity contribution is -0.128. The predicted molar refractivity (Wildman–Crippen MR) is 73.4 cm³/mol. The van der Waals surface area contributed by atoms with E-state index in [1.54, 1.807) is 19.0 Å². The number of hydrogen-bond donors (Lipinski definition) is 2. The standard InChI is InChI=1S/C14H28N2O2/c1-12-6-4-8-14(18,10-12)11-15-9-5-7-13(17)16(2)3/h12,15,18H,4-11H2,1-3H3. The first-order valence-electron chi connectivity index (χ1n) is 7.06. The molecule has 4 heteroatoms. The van der Waals surface area contributed by atoms with Crippen molar-refractivity contribution in [1.29, 1.82) is 0 Å². The van der Waals surface area contributed by atoms with Gasteiger partial charge in [-0.25, -0.2) is 0 Å². The molecule has 1 aliphatic rings. The fourth-order valence-electron chi connectivity index (χ4n) is 2.70. The summed E-state index contributed by atoms with van der Waals surface area (Å²) in [7, 11) is 3.56. The zero-order chi connectivity index (χ0) is 13.6. The molecule has 2 atom stereocenters. The minimum atomic E-state index is -0.525. The molecule has 0 spiro atoms. The van der Waals surface area contributed by atoms with Crippen LogP contribution in [0.3, 0.4) is 0 Å². The molecule has 0 heterocycles. The van der Waals surface area contributed by atoms with Crippen LogP contribution in [0.4, 0.5) is 0 Å². The van der Waals surface area contributed by atoms with Crippen molar-refractivity contribution < 1.29 is 9.90 Å². The summed E-state index contributed by atoms with van der Waals surface area (Å²) in [5.74, 6) is 0.794. The van der Waals surface area contributed by atoms with E-state index in [9.17, 15) is 9.90 Å². The number of carbonyl (C=O) groups is 1. The summed E-state index contributed by atoms with van der Waals surface area (Å²) in [6.07, 6.45) is 5.58. The highest BCUT2D eigenvalue weighted by Gasteiger charge is 2.31. The normalized spacial score (nSPS) is 28.1. The summed E-state index contributed by atoms with van der Waals surface area (Å²) >= 11 is 0. The molecule has 0 radical (unpaired) electrons. The monoisotopic (exact) mass is 256 g/mol. The molecule has 18 heavy (non-hydrogen) atoms. The molecular weight excluding hydrogens is 228 g/mol. The van der Waals surface area contributed by atoms with E-state index in [0.717, 1.165) is 32.2 Å². The van der Waals surface area contributed by atoms with Crippen LogP contribution in [0, 0.1) is 5.92 Å². The second kappa shape index (κ2) is 7.10. The summed E-state index contributed by atoms with van der Waals surface area (Å²) in [5.41, 5.74) is -0.525. The molecule has 0 bridgehead atoms. The number of amides is 1. The third kappa shape index (κ3) is 5.36. The highest BCUT2D eigenvalue weighted by molar-refractivity contribution is 5.75. The van der Waals surface area contributed by atoms with E-state index in [1.807, 2.05) is 0 Å². The maximum absolute atomic E-state index is 11.4. The van der Waals surface area contributed by atoms with Crippen LogP contribution >= 0.6 is 0 Å². The van der Waals surface area contributed by atoms with Gasteiger partial charge in [0.2, 0.25) is 5.91 Å². The van der Waals surface area contributed by atoms with Crippen molar-refractivity contribution in [3.8, 4) is 0 Å². The molecule has 0 saturated heterocycles. The Bertz CT molecular complexity index is 269. The van der Waals surface area contributed by atoms with Crippen LogP contribution in [-0.4, -0.2) is 48.7 Å². The molecular formula is C14H28N2O2. The van der Waals surface area contributed by atoms with Gasteiger partial charge >= 0.3 is 0 Å². The van der Waals surface area contributed by atoms with E-state index in [1.165, 1.54) is 6.42 Å². The average molecular weight is 256 g/mol. The second-order valence-corrected chi connectivity index (χ2v) is 5.99. The van der Waals surface area contributed by atoms with Crippen LogP contribution in [0.5, 0.6) is 0 Å². The predicted octanol–water partition coefficient (Wildman–Crippen LogP) is 1.39. The fourth-order valence-corrected chi connectivity index (χ4v) is 2.70. The van der Waals surface area contributed by atoms with Gasteiger partial charge in [-0.3, -0.25) is 4.79 Å². The largest absolute Gasteiger partial charge is 0.389 e. The van der Waals surface area contributed by atoms with Crippen molar-refractivity contribution in [3.63, 3.8) is 0 Å². The van der Waals surface area contributed by atoms with Crippen LogP contribution in [0.1, 0.15) is 45.4 Å². The number of nitrogens with one attached hydrogen (secondary N) is 1. The lowest BCUT2D eigenvalue weighted by Crippen LogP contribution is -2.44. The van der Waals surface area contributed by atoms with Gasteiger partial charge in [0.1, 0.15) is 0 Å². The molecule has 0 aliphatic heterocycles. The van der Waals surface area contributed by atoms with E-state index >= 15 is 0 Å². The minimum Gasteiger partial charge on any atom is -0.389 e. The Hall–Kier alpha value is -0.610. The first-order chi connectivity index (χ1) is 8.43. The molecule has 1 saturated carbocycles. The van der Waals surface area contributed by atoms with Crippen molar-refractivity contribution in [2.24, 2.45) is 5.92 Å². The van der Waals surface area contributed by atoms with Crippen molar-refractivity contribution >= 4 is 5.91 Å². The minimum absolute atomic E-state index is 0.168. The summed E-state index contributed by atoms with van der Waals surface area (Å²) in [6.45, 7) is 3.67. The average Bonchev–Trinajstić information content (AvgIpc) is 2.27. The van der Waals surface area contributed by atoms with Gasteiger partial charge in [-0.15, -0.1) is 0 Å². The summed E-state index contributed by atoms with van der Waals surface area (Å²) in [4.78, 5) is 13.0. The highest BCUT2D eigenvalue weighted by atomic mass is 16.3. The van der Waals surface area contributed by atoms with Crippen LogP contribution < -0.4 is 5.32 Å². The lowest BCUT2D eigenvalue weighted by Gasteiger charge is -2.35. The van der Waals surface area contributed by atoms with Crippen molar-refractivity contribution in [2.45, 2.75) is 51.0 Å². The van der Waals surface area contributed by atoms with Gasteiger partial charge in [0.15, 0.2) is 0 Å². The quantitative estimate of drug-likeness (QED) is 0.706. The Kier molecular flexibility index (Phi) is 6.09. The number of aliphatic hydroxyl groups is 1. The summed E-state index contributed by atoms with van der Waals surface area (Å²) in [6, 6.07) is 0. The van der Waals surface area contributed by atoms with Gasteiger partial charge in [-0.2, -0.15) is 0 Å². The van der Waals surface area contributed by atoms with Crippen molar-refractivity contribution in [2.75, 3.05) is 27.2 Å². The third-order valence-corrected chi connectivity index (χ3v) is 3.76. The molecule has 0 aromatic heterocycles. The summed E-state index contributed by atoms with van der Waals surface area (Å²) in [5, 5.41) is 13.7. The highest BCUT2D eigenvalue weighted by Crippen LogP contribution is 2.31. The maximum atomic E-state index is 11.4. The van der Waals surface area contributed by atoms with E-state index in [0.29, 0.717) is 18.9 Å². The lowest BCUT2D eigenvalue weighted by atomic mass is 9.79. The Morgan fingerprint density at radius 1 is 1.50 bits per heavy atom. The molecule has 1 rings (SSSR count). The van der Waals surface area contributed by atoms with Gasteiger partial charge in [-0.1, -0.05) is 19.8 Å². The number of carbonyl (C=O) groups excluding carboxylic acids is 1. The number of rotatable bonds is 6.